The summed E-state index contributed by atoms with van der Waals surface area (Å²) >= 11 is 0. The normalized spacial score (nSPS) is 19.4. The molecule has 0 bridgehead atoms. The summed E-state index contributed by atoms with van der Waals surface area (Å²) in [4.78, 5) is 13.9. The van der Waals surface area contributed by atoms with Gasteiger partial charge in [0.25, 0.3) is 5.91 Å². The third kappa shape index (κ3) is 3.14. The Morgan fingerprint density at radius 3 is 2.84 bits per heavy atom. The van der Waals surface area contributed by atoms with E-state index >= 15 is 0 Å². The maximum absolute atomic E-state index is 13.7. The van der Waals surface area contributed by atoms with Crippen LogP contribution in [0.5, 0.6) is 0 Å². The summed E-state index contributed by atoms with van der Waals surface area (Å²) in [7, 11) is -1.70. The summed E-state index contributed by atoms with van der Waals surface area (Å²) in [5.41, 5.74) is 0.0227. The minimum Gasteiger partial charge on any atom is -0.423 e. The number of rotatable bonds is 2. The Labute approximate surface area is 112 Å². The lowest BCUT2D eigenvalue weighted by molar-refractivity contribution is 0.0678. The van der Waals surface area contributed by atoms with Gasteiger partial charge < -0.3 is 14.9 Å². The maximum atomic E-state index is 13.7. The van der Waals surface area contributed by atoms with Gasteiger partial charge in [-0.15, -0.1) is 0 Å². The highest BCUT2D eigenvalue weighted by Gasteiger charge is 2.25. The van der Waals surface area contributed by atoms with Gasteiger partial charge in [0.2, 0.25) is 0 Å². The Morgan fingerprint density at radius 2 is 2.21 bits per heavy atom. The fraction of sp³-hybridized carbons (Fsp3) is 0.462. The Kier molecular flexibility index (Phi) is 4.22. The lowest BCUT2D eigenvalue weighted by atomic mass is 9.79. The highest BCUT2D eigenvalue weighted by Crippen LogP contribution is 2.18. The second kappa shape index (κ2) is 5.71. The van der Waals surface area contributed by atoms with E-state index in [1.54, 1.807) is 4.90 Å². The number of carbonyl (C=O) groups excluding carboxylic acids is 1. The summed E-state index contributed by atoms with van der Waals surface area (Å²) in [6, 6.07) is 3.56. The van der Waals surface area contributed by atoms with Gasteiger partial charge in [0.1, 0.15) is 5.82 Å². The summed E-state index contributed by atoms with van der Waals surface area (Å²) in [6.45, 7) is 3.29. The van der Waals surface area contributed by atoms with Gasteiger partial charge in [-0.2, -0.15) is 0 Å². The molecule has 1 amide bonds. The Balaban J connectivity index is 2.24. The van der Waals surface area contributed by atoms with Gasteiger partial charge >= 0.3 is 7.12 Å². The van der Waals surface area contributed by atoms with Crippen LogP contribution in [0.1, 0.15) is 30.1 Å². The van der Waals surface area contributed by atoms with Crippen molar-refractivity contribution in [3.8, 4) is 0 Å². The summed E-state index contributed by atoms with van der Waals surface area (Å²) in [5.74, 6) is -0.605. The van der Waals surface area contributed by atoms with Crippen molar-refractivity contribution < 1.29 is 19.2 Å². The monoisotopic (exact) mass is 265 g/mol. The first-order valence-corrected chi connectivity index (χ1v) is 6.44. The Hall–Kier alpha value is -1.40. The molecule has 6 heteroatoms. The number of halogens is 1. The number of piperidine rings is 1. The van der Waals surface area contributed by atoms with Crippen LogP contribution in [-0.2, 0) is 0 Å². The minimum absolute atomic E-state index is 0.0975. The van der Waals surface area contributed by atoms with Gasteiger partial charge in [0.05, 0.1) is 5.56 Å². The maximum Gasteiger partial charge on any atom is 0.488 e. The lowest BCUT2D eigenvalue weighted by Crippen LogP contribution is -2.40. The molecule has 1 unspecified atom stereocenters. The molecule has 2 N–H and O–H groups in total. The quantitative estimate of drug-likeness (QED) is 0.760. The second-order valence-corrected chi connectivity index (χ2v) is 5.11. The van der Waals surface area contributed by atoms with Gasteiger partial charge in [0.15, 0.2) is 0 Å². The topological polar surface area (TPSA) is 60.8 Å². The van der Waals surface area contributed by atoms with E-state index in [2.05, 4.69) is 6.92 Å². The fourth-order valence-corrected chi connectivity index (χ4v) is 2.41. The van der Waals surface area contributed by atoms with Gasteiger partial charge in [-0.1, -0.05) is 13.0 Å². The molecule has 1 aliphatic heterocycles. The van der Waals surface area contributed by atoms with Crippen molar-refractivity contribution in [3.05, 3.63) is 29.6 Å². The molecule has 1 aromatic carbocycles. The van der Waals surface area contributed by atoms with Crippen LogP contribution in [0.3, 0.4) is 0 Å². The number of likely N-dealkylation sites (tertiary alicyclic amines) is 1. The molecule has 0 saturated carbocycles. The number of hydrogen-bond donors (Lipinski definition) is 2. The molecule has 1 fully saturated rings. The van der Waals surface area contributed by atoms with Crippen molar-refractivity contribution >= 4 is 18.5 Å². The molecule has 0 spiro atoms. The molecule has 0 radical (unpaired) electrons. The average Bonchev–Trinajstić information content (AvgIpc) is 2.38. The molecule has 1 atom stereocenters. The minimum atomic E-state index is -1.70. The van der Waals surface area contributed by atoms with Crippen LogP contribution >= 0.6 is 0 Å². The Bertz CT molecular complexity index is 481. The predicted molar refractivity (Wildman–Crippen MR) is 70.5 cm³/mol. The van der Waals surface area contributed by atoms with E-state index in [-0.39, 0.29) is 16.9 Å². The summed E-state index contributed by atoms with van der Waals surface area (Å²) < 4.78 is 13.7. The van der Waals surface area contributed by atoms with Crippen LogP contribution in [0.25, 0.3) is 0 Å². The number of amides is 1. The molecule has 19 heavy (non-hydrogen) atoms. The third-order valence-electron chi connectivity index (χ3n) is 3.46. The zero-order chi connectivity index (χ0) is 14.0. The van der Waals surface area contributed by atoms with Crippen LogP contribution < -0.4 is 5.46 Å². The fourth-order valence-electron chi connectivity index (χ4n) is 2.41. The van der Waals surface area contributed by atoms with E-state index in [0.29, 0.717) is 19.0 Å². The van der Waals surface area contributed by atoms with Crippen molar-refractivity contribution in [1.29, 1.82) is 0 Å². The van der Waals surface area contributed by atoms with E-state index in [0.717, 1.165) is 18.9 Å². The smallest absolute Gasteiger partial charge is 0.423 e. The van der Waals surface area contributed by atoms with Gasteiger partial charge in [-0.25, -0.2) is 4.39 Å². The zero-order valence-corrected chi connectivity index (χ0v) is 10.8. The molecule has 0 aliphatic carbocycles. The van der Waals surface area contributed by atoms with E-state index in [4.69, 9.17) is 10.0 Å². The largest absolute Gasteiger partial charge is 0.488 e. The van der Waals surface area contributed by atoms with E-state index in [1.807, 2.05) is 0 Å². The number of hydrogen-bond acceptors (Lipinski definition) is 3. The average molecular weight is 265 g/mol. The van der Waals surface area contributed by atoms with Crippen LogP contribution in [-0.4, -0.2) is 41.1 Å². The molecule has 2 rings (SSSR count). The molecule has 102 valence electrons. The van der Waals surface area contributed by atoms with E-state index in [1.165, 1.54) is 12.1 Å². The van der Waals surface area contributed by atoms with Crippen LogP contribution in [0.15, 0.2) is 18.2 Å². The predicted octanol–water partition coefficient (Wildman–Crippen LogP) is 0.378. The van der Waals surface area contributed by atoms with Crippen molar-refractivity contribution in [2.75, 3.05) is 13.1 Å². The van der Waals surface area contributed by atoms with Gasteiger partial charge in [0, 0.05) is 13.1 Å². The van der Waals surface area contributed by atoms with E-state index in [9.17, 15) is 9.18 Å². The van der Waals surface area contributed by atoms with Gasteiger partial charge in [-0.05, 0) is 36.4 Å². The molecule has 1 aromatic rings. The first-order valence-electron chi connectivity index (χ1n) is 6.44. The SMILES string of the molecule is CC1CCCN(C(=O)c2cc(B(O)O)ccc2F)C1. The number of nitrogens with zero attached hydrogens (tertiary/aromatic N) is 1. The van der Waals surface area contributed by atoms with Crippen molar-refractivity contribution in [2.24, 2.45) is 5.92 Å². The third-order valence-corrected chi connectivity index (χ3v) is 3.46. The van der Waals surface area contributed by atoms with Crippen molar-refractivity contribution in [1.82, 2.24) is 4.90 Å². The lowest BCUT2D eigenvalue weighted by Gasteiger charge is -2.31. The first-order chi connectivity index (χ1) is 8.99. The summed E-state index contributed by atoms with van der Waals surface area (Å²) in [5, 5.41) is 18.2. The molecular formula is C13H17BFNO3. The van der Waals surface area contributed by atoms with Crippen molar-refractivity contribution in [2.45, 2.75) is 19.8 Å². The molecule has 1 saturated heterocycles. The van der Waals surface area contributed by atoms with Crippen molar-refractivity contribution in [3.63, 3.8) is 0 Å². The zero-order valence-electron chi connectivity index (χ0n) is 10.8. The van der Waals surface area contributed by atoms with E-state index < -0.39 is 12.9 Å². The summed E-state index contributed by atoms with van der Waals surface area (Å²) in [6.07, 6.45) is 1.98. The van der Waals surface area contributed by atoms with Crippen LogP contribution in [0.4, 0.5) is 4.39 Å². The number of carbonyl (C=O) groups is 1. The van der Waals surface area contributed by atoms with Crippen LogP contribution in [0, 0.1) is 11.7 Å². The highest BCUT2D eigenvalue weighted by molar-refractivity contribution is 6.58. The molecular weight excluding hydrogens is 248 g/mol. The van der Waals surface area contributed by atoms with Crippen LogP contribution in [0.2, 0.25) is 0 Å². The Morgan fingerprint density at radius 1 is 1.47 bits per heavy atom. The molecule has 4 nitrogen and oxygen atoms in total. The first kappa shape index (κ1) is 14.0. The number of benzene rings is 1. The molecule has 0 aromatic heterocycles. The molecule has 1 heterocycles. The standard InChI is InChI=1S/C13H17BFNO3/c1-9-3-2-6-16(8-9)13(17)11-7-10(14(18)19)4-5-12(11)15/h4-5,7,9,18-19H,2-3,6,8H2,1H3. The molecule has 1 aliphatic rings. The highest BCUT2D eigenvalue weighted by atomic mass is 19.1. The second-order valence-electron chi connectivity index (χ2n) is 5.11. The van der Waals surface area contributed by atoms with Gasteiger partial charge in [-0.3, -0.25) is 4.79 Å².